The van der Waals surface area contributed by atoms with E-state index in [0.29, 0.717) is 19.4 Å². The quantitative estimate of drug-likeness (QED) is 0.0321. The van der Waals surface area contributed by atoms with Crippen LogP contribution in [0.3, 0.4) is 0 Å². The van der Waals surface area contributed by atoms with E-state index in [1.165, 1.54) is 244 Å². The summed E-state index contributed by atoms with van der Waals surface area (Å²) in [7, 11) is 0. The number of carbonyl (C=O) groups excluding carboxylic acids is 2. The predicted octanol–water partition coefficient (Wildman–Crippen LogP) is 19.4. The molecule has 0 aliphatic rings. The molecule has 0 aromatic heterocycles. The normalized spacial score (nSPS) is 12.9. The summed E-state index contributed by atoms with van der Waals surface area (Å²) in [5.41, 5.74) is 0. The van der Waals surface area contributed by atoms with Crippen LogP contribution in [0.2, 0.25) is 0 Å². The molecule has 1 amide bonds. The van der Waals surface area contributed by atoms with Gasteiger partial charge in [0.25, 0.3) is 0 Å². The Bertz CT molecular complexity index is 1180. The Balaban J connectivity index is 3.42. The minimum absolute atomic E-state index is 0.00182. The molecule has 0 fully saturated rings. The van der Waals surface area contributed by atoms with Crippen LogP contribution < -0.4 is 5.32 Å². The van der Waals surface area contributed by atoms with Crippen LogP contribution in [0.25, 0.3) is 0 Å². The molecule has 2 unspecified atom stereocenters. The van der Waals surface area contributed by atoms with Gasteiger partial charge in [0.15, 0.2) is 0 Å². The number of aliphatic hydroxyl groups excluding tert-OH is 2. The monoisotopic (exact) mass is 982 g/mol. The number of esters is 1. The third-order valence-corrected chi connectivity index (χ3v) is 14.1. The van der Waals surface area contributed by atoms with E-state index in [0.717, 1.165) is 51.4 Å². The van der Waals surface area contributed by atoms with Gasteiger partial charge < -0.3 is 20.3 Å². The Labute approximate surface area is 436 Å². The third-order valence-electron chi connectivity index (χ3n) is 14.1. The Morgan fingerprint density at radius 3 is 1.11 bits per heavy atom. The number of carbonyl (C=O) groups is 2. The molecule has 0 spiro atoms. The number of rotatable bonds is 57. The van der Waals surface area contributed by atoms with Gasteiger partial charge in [-0.15, -0.1) is 0 Å². The van der Waals surface area contributed by atoms with Gasteiger partial charge in [-0.05, 0) is 89.9 Å². The second kappa shape index (κ2) is 59.4. The van der Waals surface area contributed by atoms with Crippen LogP contribution in [-0.4, -0.2) is 47.4 Å². The highest BCUT2D eigenvalue weighted by Gasteiger charge is 2.18. The molecule has 0 aliphatic heterocycles. The number of aliphatic hydroxyl groups is 2. The van der Waals surface area contributed by atoms with E-state index in [1.807, 2.05) is 6.08 Å². The van der Waals surface area contributed by atoms with Crippen LogP contribution >= 0.6 is 0 Å². The molecule has 0 saturated heterocycles. The molecule has 0 bridgehead atoms. The summed E-state index contributed by atoms with van der Waals surface area (Å²) in [5, 5.41) is 23.1. The van der Waals surface area contributed by atoms with Crippen molar-refractivity contribution in [1.29, 1.82) is 0 Å². The van der Waals surface area contributed by atoms with Gasteiger partial charge in [0.2, 0.25) is 5.91 Å². The lowest BCUT2D eigenvalue weighted by Gasteiger charge is -2.20. The van der Waals surface area contributed by atoms with Crippen molar-refractivity contribution >= 4 is 11.9 Å². The second-order valence-corrected chi connectivity index (χ2v) is 21.0. The molecule has 0 aromatic carbocycles. The minimum atomic E-state index is -0.847. The van der Waals surface area contributed by atoms with E-state index in [4.69, 9.17) is 4.74 Å². The first-order valence-electron chi connectivity index (χ1n) is 30.9. The first-order valence-corrected chi connectivity index (χ1v) is 30.9. The molecule has 410 valence electrons. The summed E-state index contributed by atoms with van der Waals surface area (Å²) in [6.07, 6.45) is 75.8. The first-order chi connectivity index (χ1) is 34.5. The number of nitrogens with one attached hydrogen (secondary N) is 1. The molecule has 0 aromatic rings. The van der Waals surface area contributed by atoms with E-state index >= 15 is 0 Å². The van der Waals surface area contributed by atoms with E-state index in [9.17, 15) is 19.8 Å². The van der Waals surface area contributed by atoms with Crippen LogP contribution in [-0.2, 0) is 14.3 Å². The number of hydrogen-bond donors (Lipinski definition) is 3. The van der Waals surface area contributed by atoms with Gasteiger partial charge in [0.05, 0.1) is 25.4 Å². The Morgan fingerprint density at radius 2 is 0.714 bits per heavy atom. The van der Waals surface area contributed by atoms with E-state index in [-0.39, 0.29) is 18.5 Å². The highest BCUT2D eigenvalue weighted by atomic mass is 16.5. The maximum atomic E-state index is 12.4. The van der Waals surface area contributed by atoms with Crippen molar-refractivity contribution in [2.45, 2.75) is 334 Å². The SMILES string of the molecule is CCCCCC/C=C\C/C=C\CCCCCCCC(=O)OCCCCCCCCCCCCCC/C=C\CCCCCCCCCCC(=O)NC(CO)C(O)/C=C/CCCCCCCCCCCCC. The number of unbranched alkanes of at least 4 members (excludes halogenated alkanes) is 40. The lowest BCUT2D eigenvalue weighted by Crippen LogP contribution is -2.45. The second-order valence-electron chi connectivity index (χ2n) is 21.0. The van der Waals surface area contributed by atoms with Crippen LogP contribution in [0.5, 0.6) is 0 Å². The molecule has 0 rings (SSSR count). The van der Waals surface area contributed by atoms with E-state index in [1.54, 1.807) is 6.08 Å². The minimum Gasteiger partial charge on any atom is -0.466 e. The molecule has 2 atom stereocenters. The fraction of sp³-hybridized carbons (Fsp3) is 0.844. The predicted molar refractivity (Wildman–Crippen MR) is 306 cm³/mol. The molecule has 0 aliphatic carbocycles. The average molecular weight is 983 g/mol. The number of ether oxygens (including phenoxy) is 1. The Hall–Kier alpha value is -2.18. The number of allylic oxidation sites excluding steroid dienone is 7. The topological polar surface area (TPSA) is 95.9 Å². The number of hydrogen-bond acceptors (Lipinski definition) is 5. The lowest BCUT2D eigenvalue weighted by atomic mass is 10.0. The molecular weight excluding hydrogens is 863 g/mol. The third kappa shape index (κ3) is 55.1. The summed E-state index contributed by atoms with van der Waals surface area (Å²) in [4.78, 5) is 24.5. The molecule has 6 heteroatoms. The van der Waals surface area contributed by atoms with Crippen LogP contribution in [0.4, 0.5) is 0 Å². The summed E-state index contributed by atoms with van der Waals surface area (Å²) < 4.78 is 5.48. The fourth-order valence-electron chi connectivity index (χ4n) is 9.31. The van der Waals surface area contributed by atoms with Crippen molar-refractivity contribution in [1.82, 2.24) is 5.32 Å². The van der Waals surface area contributed by atoms with Crippen LogP contribution in [0.1, 0.15) is 322 Å². The van der Waals surface area contributed by atoms with Gasteiger partial charge in [0.1, 0.15) is 0 Å². The highest BCUT2D eigenvalue weighted by molar-refractivity contribution is 5.76. The van der Waals surface area contributed by atoms with Gasteiger partial charge in [-0.1, -0.05) is 268 Å². The van der Waals surface area contributed by atoms with Crippen molar-refractivity contribution in [3.8, 4) is 0 Å². The smallest absolute Gasteiger partial charge is 0.305 e. The number of amides is 1. The maximum Gasteiger partial charge on any atom is 0.305 e. The summed E-state index contributed by atoms with van der Waals surface area (Å²) >= 11 is 0. The largest absolute Gasteiger partial charge is 0.466 e. The summed E-state index contributed by atoms with van der Waals surface area (Å²) in [5.74, 6) is -0.0748. The molecule has 0 heterocycles. The van der Waals surface area contributed by atoms with E-state index < -0.39 is 12.1 Å². The average Bonchev–Trinajstić information content (AvgIpc) is 3.36. The van der Waals surface area contributed by atoms with Gasteiger partial charge in [0, 0.05) is 12.8 Å². The highest BCUT2D eigenvalue weighted by Crippen LogP contribution is 2.16. The summed E-state index contributed by atoms with van der Waals surface area (Å²) in [6, 6.07) is -0.631. The zero-order valence-corrected chi connectivity index (χ0v) is 46.7. The van der Waals surface area contributed by atoms with Crippen molar-refractivity contribution in [3.63, 3.8) is 0 Å². The molecule has 6 nitrogen and oxygen atoms in total. The molecule has 70 heavy (non-hydrogen) atoms. The summed E-state index contributed by atoms with van der Waals surface area (Å²) in [6.45, 7) is 4.88. The van der Waals surface area contributed by atoms with Crippen LogP contribution in [0.15, 0.2) is 48.6 Å². The molecular formula is C64H119NO5. The fourth-order valence-corrected chi connectivity index (χ4v) is 9.31. The maximum absolute atomic E-state index is 12.4. The van der Waals surface area contributed by atoms with Crippen molar-refractivity contribution in [3.05, 3.63) is 48.6 Å². The van der Waals surface area contributed by atoms with Crippen molar-refractivity contribution in [2.75, 3.05) is 13.2 Å². The van der Waals surface area contributed by atoms with Crippen molar-refractivity contribution < 1.29 is 24.5 Å². The lowest BCUT2D eigenvalue weighted by molar-refractivity contribution is -0.143. The van der Waals surface area contributed by atoms with Crippen molar-refractivity contribution in [2.24, 2.45) is 0 Å². The zero-order chi connectivity index (χ0) is 50.7. The van der Waals surface area contributed by atoms with Crippen LogP contribution in [0, 0.1) is 0 Å². The van der Waals surface area contributed by atoms with Gasteiger partial charge in [-0.3, -0.25) is 9.59 Å². The van der Waals surface area contributed by atoms with Gasteiger partial charge in [-0.25, -0.2) is 0 Å². The van der Waals surface area contributed by atoms with Gasteiger partial charge in [-0.2, -0.15) is 0 Å². The molecule has 0 radical (unpaired) electrons. The Morgan fingerprint density at radius 1 is 0.400 bits per heavy atom. The first kappa shape index (κ1) is 67.8. The molecule has 0 saturated carbocycles. The van der Waals surface area contributed by atoms with Gasteiger partial charge >= 0.3 is 5.97 Å². The standard InChI is InChI=1S/C64H119NO5/c1-3-5-7-9-11-13-15-17-18-30-34-38-42-46-50-54-58-64(69)70-59-55-51-47-43-39-35-31-28-26-24-22-20-19-21-23-25-27-29-33-37-41-45-49-53-57-63(68)65-61(60-66)62(67)56-52-48-44-40-36-32-16-14-12-10-8-6-4-2/h13,15,18,21,23,30,52,56,61-62,66-67H,3-12,14,16-17,19-20,22,24-29,31-51,53-55,57-60H2,1-2H3,(H,65,68)/b15-13-,23-21-,30-18-,56-52+. The van der Waals surface area contributed by atoms with E-state index in [2.05, 4.69) is 55.6 Å². The Kier molecular flexibility index (Phi) is 57.5. The zero-order valence-electron chi connectivity index (χ0n) is 46.7. The molecule has 3 N–H and O–H groups in total.